The van der Waals surface area contributed by atoms with Crippen molar-refractivity contribution < 1.29 is 27.9 Å². The van der Waals surface area contributed by atoms with Crippen LogP contribution in [-0.2, 0) is 26.2 Å². The SMILES string of the molecule is CN(/C(CCl)=N/O)S(=O)(=O)[C@H]1CC[C@](COC2CCC(c3ccccc3OCc3ccccc3)CC2)(C(N)=O)C1. The summed E-state index contributed by atoms with van der Waals surface area (Å²) in [6, 6.07) is 18.2. The van der Waals surface area contributed by atoms with Gasteiger partial charge in [0.05, 0.1) is 29.3 Å². The molecular formula is C29H38ClN3O6S. The highest BCUT2D eigenvalue weighted by molar-refractivity contribution is 7.90. The fourth-order valence-corrected chi connectivity index (χ4v) is 7.90. The second kappa shape index (κ2) is 13.2. The van der Waals surface area contributed by atoms with E-state index in [1.165, 1.54) is 12.6 Å². The molecule has 2 fully saturated rings. The van der Waals surface area contributed by atoms with Crippen molar-refractivity contribution in [2.24, 2.45) is 16.3 Å². The second-order valence-corrected chi connectivity index (χ2v) is 13.3. The Bertz CT molecular complexity index is 1280. The van der Waals surface area contributed by atoms with Crippen LogP contribution in [0, 0.1) is 5.41 Å². The van der Waals surface area contributed by atoms with Gasteiger partial charge in [-0.25, -0.2) is 8.42 Å². The Balaban J connectivity index is 1.33. The van der Waals surface area contributed by atoms with E-state index in [9.17, 15) is 13.2 Å². The molecule has 3 N–H and O–H groups in total. The number of rotatable bonds is 11. The normalized spacial score (nSPS) is 25.4. The number of halogens is 1. The molecule has 0 aliphatic heterocycles. The van der Waals surface area contributed by atoms with E-state index in [1.807, 2.05) is 48.5 Å². The third-order valence-electron chi connectivity index (χ3n) is 8.35. The highest BCUT2D eigenvalue weighted by Gasteiger charge is 2.50. The maximum Gasteiger partial charge on any atom is 0.238 e. The molecule has 2 saturated carbocycles. The van der Waals surface area contributed by atoms with Crippen LogP contribution >= 0.6 is 11.6 Å². The number of sulfonamides is 1. The summed E-state index contributed by atoms with van der Waals surface area (Å²) in [5.74, 6) is 0.237. The number of amides is 1. The quantitative estimate of drug-likeness (QED) is 0.129. The number of hydrogen-bond acceptors (Lipinski definition) is 7. The average molecular weight is 592 g/mol. The van der Waals surface area contributed by atoms with E-state index in [0.29, 0.717) is 18.9 Å². The fourth-order valence-electron chi connectivity index (χ4n) is 5.80. The Labute approximate surface area is 241 Å². The van der Waals surface area contributed by atoms with Crippen LogP contribution in [0.3, 0.4) is 0 Å². The number of hydrogen-bond donors (Lipinski definition) is 2. The molecule has 40 heavy (non-hydrogen) atoms. The smallest absolute Gasteiger partial charge is 0.238 e. The van der Waals surface area contributed by atoms with Crippen LogP contribution < -0.4 is 10.5 Å². The Morgan fingerprint density at radius 2 is 1.77 bits per heavy atom. The lowest BCUT2D eigenvalue weighted by molar-refractivity contribution is -0.133. The molecule has 2 aliphatic carbocycles. The van der Waals surface area contributed by atoms with E-state index in [2.05, 4.69) is 11.2 Å². The van der Waals surface area contributed by atoms with Gasteiger partial charge in [-0.05, 0) is 68.1 Å². The molecule has 1 amide bonds. The van der Waals surface area contributed by atoms with Crippen molar-refractivity contribution in [3.63, 3.8) is 0 Å². The lowest BCUT2D eigenvalue weighted by atomic mass is 9.82. The average Bonchev–Trinajstić information content (AvgIpc) is 3.44. The lowest BCUT2D eigenvalue weighted by Crippen LogP contribution is -2.44. The highest BCUT2D eigenvalue weighted by Crippen LogP contribution is 2.44. The van der Waals surface area contributed by atoms with E-state index < -0.39 is 26.6 Å². The van der Waals surface area contributed by atoms with Crippen molar-refractivity contribution in [2.45, 2.75) is 68.8 Å². The van der Waals surface area contributed by atoms with Crippen LogP contribution in [0.25, 0.3) is 0 Å². The zero-order chi connectivity index (χ0) is 28.8. The number of ether oxygens (including phenoxy) is 2. The van der Waals surface area contributed by atoms with Gasteiger partial charge in [-0.3, -0.25) is 9.10 Å². The number of carbonyl (C=O) groups is 1. The number of carbonyl (C=O) groups excluding carboxylic acids is 1. The van der Waals surface area contributed by atoms with Crippen molar-refractivity contribution >= 4 is 33.4 Å². The van der Waals surface area contributed by atoms with Crippen LogP contribution in [-0.4, -0.2) is 60.6 Å². The summed E-state index contributed by atoms with van der Waals surface area (Å²) >= 11 is 5.72. The van der Waals surface area contributed by atoms with E-state index in [0.717, 1.165) is 41.3 Å². The van der Waals surface area contributed by atoms with Gasteiger partial charge in [0.1, 0.15) is 12.4 Å². The van der Waals surface area contributed by atoms with Crippen LogP contribution in [0.1, 0.15) is 62.0 Å². The molecule has 0 aromatic heterocycles. The van der Waals surface area contributed by atoms with Crippen molar-refractivity contribution in [3.05, 3.63) is 65.7 Å². The first-order valence-electron chi connectivity index (χ1n) is 13.6. The summed E-state index contributed by atoms with van der Waals surface area (Å²) in [7, 11) is -2.60. The maximum absolute atomic E-state index is 13.1. The Morgan fingerprint density at radius 3 is 2.42 bits per heavy atom. The molecule has 0 spiro atoms. The van der Waals surface area contributed by atoms with E-state index in [4.69, 9.17) is 32.0 Å². The fraction of sp³-hybridized carbons (Fsp3) is 0.517. The molecule has 2 atom stereocenters. The van der Waals surface area contributed by atoms with Gasteiger partial charge in [-0.1, -0.05) is 53.7 Å². The van der Waals surface area contributed by atoms with Gasteiger partial charge in [0, 0.05) is 7.05 Å². The van der Waals surface area contributed by atoms with Crippen molar-refractivity contribution in [3.8, 4) is 5.75 Å². The minimum Gasteiger partial charge on any atom is -0.489 e. The molecule has 2 aromatic rings. The minimum absolute atomic E-state index is 0.0346. The van der Waals surface area contributed by atoms with Crippen LogP contribution in [0.15, 0.2) is 59.8 Å². The second-order valence-electron chi connectivity index (χ2n) is 10.8. The number of primary amides is 1. The standard InChI is InChI=1S/C29H38ClN3O6S/c1-33(27(18-30)32-35)40(36,37)24-15-16-29(17-24,28(31)34)20-39-23-13-11-22(12-14-23)25-9-5-6-10-26(25)38-19-21-7-3-2-4-8-21/h2-10,22-24,35H,11-20H2,1H3,(H2,31,34)/b32-27+/t22?,23?,24-,29-/m0/s1. The summed E-state index contributed by atoms with van der Waals surface area (Å²) in [6.07, 6.45) is 4.07. The summed E-state index contributed by atoms with van der Waals surface area (Å²) in [4.78, 5) is 12.6. The number of alkyl halides is 1. The molecule has 2 aromatic carbocycles. The Hall–Kier alpha value is -2.82. The summed E-state index contributed by atoms with van der Waals surface area (Å²) in [5.41, 5.74) is 7.05. The zero-order valence-corrected chi connectivity index (χ0v) is 24.3. The van der Waals surface area contributed by atoms with Crippen molar-refractivity contribution in [1.29, 1.82) is 0 Å². The van der Waals surface area contributed by atoms with Gasteiger partial charge < -0.3 is 20.4 Å². The first-order chi connectivity index (χ1) is 19.2. The molecule has 218 valence electrons. The molecule has 9 nitrogen and oxygen atoms in total. The van der Waals surface area contributed by atoms with E-state index in [1.54, 1.807) is 0 Å². The molecule has 0 radical (unpaired) electrons. The first kappa shape index (κ1) is 30.1. The van der Waals surface area contributed by atoms with Crippen LogP contribution in [0.2, 0.25) is 0 Å². The third-order valence-corrected chi connectivity index (χ3v) is 10.8. The number of amidine groups is 1. The Kier molecular flexibility index (Phi) is 9.97. The number of para-hydroxylation sites is 1. The number of nitrogens with zero attached hydrogens (tertiary/aromatic N) is 2. The van der Waals surface area contributed by atoms with E-state index in [-0.39, 0.29) is 37.3 Å². The van der Waals surface area contributed by atoms with Gasteiger partial charge >= 0.3 is 0 Å². The van der Waals surface area contributed by atoms with Gasteiger partial charge in [0.15, 0.2) is 5.84 Å². The molecular weight excluding hydrogens is 554 g/mol. The molecule has 4 rings (SSSR count). The molecule has 0 saturated heterocycles. The van der Waals surface area contributed by atoms with Gasteiger partial charge in [-0.15, -0.1) is 11.6 Å². The van der Waals surface area contributed by atoms with Crippen molar-refractivity contribution in [1.82, 2.24) is 4.31 Å². The van der Waals surface area contributed by atoms with Crippen LogP contribution in [0.4, 0.5) is 0 Å². The predicted molar refractivity (Wildman–Crippen MR) is 154 cm³/mol. The van der Waals surface area contributed by atoms with E-state index >= 15 is 0 Å². The Morgan fingerprint density at radius 1 is 1.10 bits per heavy atom. The lowest BCUT2D eigenvalue weighted by Gasteiger charge is -2.33. The highest BCUT2D eigenvalue weighted by atomic mass is 35.5. The topological polar surface area (TPSA) is 132 Å². The van der Waals surface area contributed by atoms with Crippen molar-refractivity contribution in [2.75, 3.05) is 19.5 Å². The number of benzene rings is 2. The summed E-state index contributed by atoms with van der Waals surface area (Å²) in [5, 5.41) is 11.2. The molecule has 0 heterocycles. The summed E-state index contributed by atoms with van der Waals surface area (Å²) < 4.78 is 39.5. The predicted octanol–water partition coefficient (Wildman–Crippen LogP) is 4.62. The largest absolute Gasteiger partial charge is 0.489 e. The molecule has 2 aliphatic rings. The zero-order valence-electron chi connectivity index (χ0n) is 22.7. The van der Waals surface area contributed by atoms with Gasteiger partial charge in [0.2, 0.25) is 15.9 Å². The van der Waals surface area contributed by atoms with Gasteiger partial charge in [0.25, 0.3) is 0 Å². The number of oxime groups is 1. The summed E-state index contributed by atoms with van der Waals surface area (Å²) in [6.45, 7) is 0.596. The molecule has 0 unspecified atom stereocenters. The van der Waals surface area contributed by atoms with Crippen LogP contribution in [0.5, 0.6) is 5.75 Å². The van der Waals surface area contributed by atoms with Gasteiger partial charge in [-0.2, -0.15) is 0 Å². The number of nitrogens with two attached hydrogens (primary N) is 1. The molecule has 0 bridgehead atoms. The maximum atomic E-state index is 13.1. The monoisotopic (exact) mass is 591 g/mol. The molecule has 11 heteroatoms. The first-order valence-corrected chi connectivity index (χ1v) is 15.7. The minimum atomic E-state index is -3.89. The third kappa shape index (κ3) is 6.72.